The first-order valence-electron chi connectivity index (χ1n) is 6.80. The van der Waals surface area contributed by atoms with Crippen molar-refractivity contribution in [1.29, 1.82) is 0 Å². The highest BCUT2D eigenvalue weighted by Crippen LogP contribution is 2.19. The van der Waals surface area contributed by atoms with Gasteiger partial charge in [0.1, 0.15) is 10.0 Å². The Morgan fingerprint density at radius 3 is 2.58 bits per heavy atom. The number of benzene rings is 1. The number of aromatic nitrogens is 2. The lowest BCUT2D eigenvalue weighted by Gasteiger charge is -2.06. The number of hydrogen-bond acceptors (Lipinski definition) is 4. The number of nitrogens with zero attached hydrogens (tertiary/aromatic N) is 2. The summed E-state index contributed by atoms with van der Waals surface area (Å²) in [6.45, 7) is 7.31. The van der Waals surface area contributed by atoms with Gasteiger partial charge in [0.2, 0.25) is 0 Å². The van der Waals surface area contributed by atoms with Crippen LogP contribution in [0, 0.1) is 6.92 Å². The Labute approximate surface area is 119 Å². The van der Waals surface area contributed by atoms with Gasteiger partial charge in [0.25, 0.3) is 0 Å². The van der Waals surface area contributed by atoms with Crippen molar-refractivity contribution in [3.63, 3.8) is 0 Å². The van der Waals surface area contributed by atoms with Crippen LogP contribution in [0.5, 0.6) is 0 Å². The fraction of sp³-hybridized carbons (Fsp3) is 0.467. The van der Waals surface area contributed by atoms with Gasteiger partial charge in [0.05, 0.1) is 6.04 Å². The summed E-state index contributed by atoms with van der Waals surface area (Å²) >= 11 is 1.72. The van der Waals surface area contributed by atoms with Crippen LogP contribution in [0.4, 0.5) is 0 Å². The Kier molecular flexibility index (Phi) is 5.05. The second-order valence-corrected chi connectivity index (χ2v) is 5.89. The fourth-order valence-electron chi connectivity index (χ4n) is 1.94. The van der Waals surface area contributed by atoms with Crippen LogP contribution < -0.4 is 5.32 Å². The molecule has 0 aliphatic rings. The molecule has 1 heterocycles. The Balaban J connectivity index is 1.91. The molecule has 0 aliphatic heterocycles. The van der Waals surface area contributed by atoms with Gasteiger partial charge in [0, 0.05) is 6.42 Å². The molecule has 3 nitrogen and oxygen atoms in total. The van der Waals surface area contributed by atoms with Gasteiger partial charge in [-0.25, -0.2) is 0 Å². The molecular weight excluding hydrogens is 254 g/mol. The first kappa shape index (κ1) is 14.2. The molecule has 102 valence electrons. The molecule has 1 N–H and O–H groups in total. The normalized spacial score (nSPS) is 12.6. The molecule has 0 saturated carbocycles. The zero-order valence-corrected chi connectivity index (χ0v) is 12.6. The summed E-state index contributed by atoms with van der Waals surface area (Å²) < 4.78 is 0. The molecule has 4 heteroatoms. The lowest BCUT2D eigenvalue weighted by Crippen LogP contribution is -2.17. The van der Waals surface area contributed by atoms with Gasteiger partial charge in [-0.05, 0) is 32.4 Å². The minimum atomic E-state index is 0.302. The van der Waals surface area contributed by atoms with E-state index in [0.717, 1.165) is 29.4 Å². The van der Waals surface area contributed by atoms with E-state index in [0.29, 0.717) is 6.04 Å². The monoisotopic (exact) mass is 275 g/mol. The summed E-state index contributed by atoms with van der Waals surface area (Å²) in [4.78, 5) is 0. The second-order valence-electron chi connectivity index (χ2n) is 4.80. The molecule has 1 aromatic heterocycles. The lowest BCUT2D eigenvalue weighted by molar-refractivity contribution is 0.589. The molecular formula is C15H21N3S. The first-order valence-corrected chi connectivity index (χ1v) is 7.62. The van der Waals surface area contributed by atoms with Gasteiger partial charge in [-0.3, -0.25) is 0 Å². The standard InChI is InChI=1S/C15H21N3S/c1-4-16-12(3)15-18-17-14(19-15)10-9-13-7-5-11(2)6-8-13/h5-8,12,16H,4,9-10H2,1-3H3. The molecule has 0 amide bonds. The van der Waals surface area contributed by atoms with Gasteiger partial charge < -0.3 is 5.32 Å². The van der Waals surface area contributed by atoms with Crippen molar-refractivity contribution in [2.45, 2.75) is 39.7 Å². The third kappa shape index (κ3) is 4.11. The SMILES string of the molecule is CCNC(C)c1nnc(CCc2ccc(C)cc2)s1. The minimum absolute atomic E-state index is 0.302. The van der Waals surface area contributed by atoms with E-state index in [1.54, 1.807) is 11.3 Å². The number of hydrogen-bond donors (Lipinski definition) is 1. The third-order valence-electron chi connectivity index (χ3n) is 3.11. The van der Waals surface area contributed by atoms with Crippen LogP contribution in [0.3, 0.4) is 0 Å². The van der Waals surface area contributed by atoms with Crippen molar-refractivity contribution in [1.82, 2.24) is 15.5 Å². The number of rotatable bonds is 6. The summed E-state index contributed by atoms with van der Waals surface area (Å²) in [6, 6.07) is 9.01. The van der Waals surface area contributed by atoms with Crippen LogP contribution in [0.15, 0.2) is 24.3 Å². The maximum Gasteiger partial charge on any atom is 0.134 e. The largest absolute Gasteiger partial charge is 0.308 e. The van der Waals surface area contributed by atoms with E-state index in [-0.39, 0.29) is 0 Å². The molecule has 0 radical (unpaired) electrons. The molecule has 2 aromatic rings. The van der Waals surface area contributed by atoms with Crippen molar-refractivity contribution in [2.75, 3.05) is 6.54 Å². The van der Waals surface area contributed by atoms with Crippen molar-refractivity contribution in [3.05, 3.63) is 45.4 Å². The van der Waals surface area contributed by atoms with E-state index in [1.165, 1.54) is 11.1 Å². The fourth-order valence-corrected chi connectivity index (χ4v) is 2.81. The molecule has 1 atom stereocenters. The highest BCUT2D eigenvalue weighted by Gasteiger charge is 2.10. The van der Waals surface area contributed by atoms with Crippen LogP contribution in [0.1, 0.15) is 41.0 Å². The van der Waals surface area contributed by atoms with E-state index in [9.17, 15) is 0 Å². The average molecular weight is 275 g/mol. The third-order valence-corrected chi connectivity index (χ3v) is 4.28. The van der Waals surface area contributed by atoms with E-state index in [4.69, 9.17) is 0 Å². The van der Waals surface area contributed by atoms with Gasteiger partial charge in [-0.1, -0.05) is 48.1 Å². The van der Waals surface area contributed by atoms with E-state index in [1.807, 2.05) is 0 Å². The highest BCUT2D eigenvalue weighted by atomic mass is 32.1. The zero-order valence-electron chi connectivity index (χ0n) is 11.8. The van der Waals surface area contributed by atoms with Crippen LogP contribution in [0.25, 0.3) is 0 Å². The van der Waals surface area contributed by atoms with Gasteiger partial charge in [-0.15, -0.1) is 10.2 Å². The molecule has 0 spiro atoms. The molecule has 1 unspecified atom stereocenters. The minimum Gasteiger partial charge on any atom is -0.308 e. The van der Waals surface area contributed by atoms with Gasteiger partial charge >= 0.3 is 0 Å². The smallest absolute Gasteiger partial charge is 0.134 e. The summed E-state index contributed by atoms with van der Waals surface area (Å²) in [5, 5.41) is 14.1. The Bertz CT molecular complexity index is 504. The number of aryl methyl sites for hydroxylation is 3. The summed E-state index contributed by atoms with van der Waals surface area (Å²) in [6.07, 6.45) is 2.00. The molecule has 0 aliphatic carbocycles. The lowest BCUT2D eigenvalue weighted by atomic mass is 10.1. The second kappa shape index (κ2) is 6.78. The van der Waals surface area contributed by atoms with Crippen molar-refractivity contribution in [2.24, 2.45) is 0 Å². The van der Waals surface area contributed by atoms with E-state index >= 15 is 0 Å². The molecule has 0 saturated heterocycles. The van der Waals surface area contributed by atoms with E-state index < -0.39 is 0 Å². The maximum absolute atomic E-state index is 4.28. The summed E-state index contributed by atoms with van der Waals surface area (Å²) in [7, 11) is 0. The zero-order chi connectivity index (χ0) is 13.7. The predicted molar refractivity (Wildman–Crippen MR) is 80.6 cm³/mol. The van der Waals surface area contributed by atoms with Gasteiger partial charge in [-0.2, -0.15) is 0 Å². The van der Waals surface area contributed by atoms with Crippen molar-refractivity contribution in [3.8, 4) is 0 Å². The Morgan fingerprint density at radius 1 is 1.16 bits per heavy atom. The van der Waals surface area contributed by atoms with Gasteiger partial charge in [0.15, 0.2) is 0 Å². The van der Waals surface area contributed by atoms with Crippen LogP contribution >= 0.6 is 11.3 Å². The summed E-state index contributed by atoms with van der Waals surface area (Å²) in [5.74, 6) is 0. The Hall–Kier alpha value is -1.26. The summed E-state index contributed by atoms with van der Waals surface area (Å²) in [5.41, 5.74) is 2.67. The Morgan fingerprint density at radius 2 is 1.89 bits per heavy atom. The van der Waals surface area contributed by atoms with Crippen LogP contribution in [0.2, 0.25) is 0 Å². The molecule has 1 aromatic carbocycles. The maximum atomic E-state index is 4.28. The van der Waals surface area contributed by atoms with Crippen LogP contribution in [-0.2, 0) is 12.8 Å². The topological polar surface area (TPSA) is 37.8 Å². The first-order chi connectivity index (χ1) is 9.19. The van der Waals surface area contributed by atoms with Crippen molar-refractivity contribution < 1.29 is 0 Å². The number of nitrogens with one attached hydrogen (secondary N) is 1. The van der Waals surface area contributed by atoms with E-state index in [2.05, 4.69) is 60.6 Å². The highest BCUT2D eigenvalue weighted by molar-refractivity contribution is 7.11. The molecule has 0 bridgehead atoms. The molecule has 2 rings (SSSR count). The van der Waals surface area contributed by atoms with Crippen molar-refractivity contribution >= 4 is 11.3 Å². The molecule has 0 fully saturated rings. The predicted octanol–water partition coefficient (Wildman–Crippen LogP) is 3.30. The average Bonchev–Trinajstić information content (AvgIpc) is 2.87. The van der Waals surface area contributed by atoms with Crippen LogP contribution in [-0.4, -0.2) is 16.7 Å². The quantitative estimate of drug-likeness (QED) is 0.879. The molecule has 19 heavy (non-hydrogen) atoms.